The molecule has 0 heterocycles. The predicted molar refractivity (Wildman–Crippen MR) is 53.3 cm³/mol. The van der Waals surface area contributed by atoms with Gasteiger partial charge < -0.3 is 0 Å². The summed E-state index contributed by atoms with van der Waals surface area (Å²) in [7, 11) is 0. The zero-order valence-electron chi connectivity index (χ0n) is 7.55. The highest BCUT2D eigenvalue weighted by Crippen LogP contribution is 2.21. The molecule has 0 radical (unpaired) electrons. The van der Waals surface area contributed by atoms with Crippen molar-refractivity contribution in [2.75, 3.05) is 0 Å². The molecule has 0 N–H and O–H groups in total. The van der Waals surface area contributed by atoms with Gasteiger partial charge in [0.15, 0.2) is 0 Å². The molecule has 0 fully saturated rings. The Labute approximate surface area is 77.0 Å². The molecular weight excluding hydrogens is 163 g/mol. The van der Waals surface area contributed by atoms with Crippen LogP contribution in [-0.4, -0.2) is 0 Å². The molecular formula is C12H11F. The van der Waals surface area contributed by atoms with Crippen LogP contribution in [0.4, 0.5) is 4.39 Å². The summed E-state index contributed by atoms with van der Waals surface area (Å²) >= 11 is 0. The third kappa shape index (κ3) is 1.31. The Morgan fingerprint density at radius 2 is 1.85 bits per heavy atom. The molecule has 0 amide bonds. The summed E-state index contributed by atoms with van der Waals surface area (Å²) in [6.07, 6.45) is 0.743. The average molecular weight is 174 g/mol. The van der Waals surface area contributed by atoms with E-state index in [0.29, 0.717) is 0 Å². The second-order valence-corrected chi connectivity index (χ2v) is 3.10. The molecule has 2 rings (SSSR count). The summed E-state index contributed by atoms with van der Waals surface area (Å²) in [6.45, 7) is 1.98. The molecule has 0 saturated carbocycles. The van der Waals surface area contributed by atoms with Crippen molar-refractivity contribution in [3.63, 3.8) is 0 Å². The van der Waals surface area contributed by atoms with Gasteiger partial charge in [-0.05, 0) is 28.8 Å². The first-order valence-electron chi connectivity index (χ1n) is 4.49. The highest BCUT2D eigenvalue weighted by molar-refractivity contribution is 5.85. The van der Waals surface area contributed by atoms with Gasteiger partial charge in [0.25, 0.3) is 0 Å². The van der Waals surface area contributed by atoms with Crippen molar-refractivity contribution in [3.8, 4) is 0 Å². The van der Waals surface area contributed by atoms with E-state index in [4.69, 9.17) is 0 Å². The lowest BCUT2D eigenvalue weighted by molar-refractivity contribution is 0.615. The molecule has 0 aliphatic carbocycles. The van der Waals surface area contributed by atoms with E-state index in [0.717, 1.165) is 22.8 Å². The van der Waals surface area contributed by atoms with Crippen molar-refractivity contribution in [1.82, 2.24) is 0 Å². The van der Waals surface area contributed by atoms with Gasteiger partial charge in [0.05, 0.1) is 0 Å². The normalized spacial score (nSPS) is 10.6. The van der Waals surface area contributed by atoms with Crippen LogP contribution in [0.2, 0.25) is 0 Å². The van der Waals surface area contributed by atoms with Crippen LogP contribution >= 0.6 is 0 Å². The Balaban J connectivity index is 2.84. The molecule has 0 unspecified atom stereocenters. The number of benzene rings is 2. The number of fused-ring (bicyclic) bond motifs is 1. The van der Waals surface area contributed by atoms with E-state index in [-0.39, 0.29) is 5.82 Å². The number of hydrogen-bond donors (Lipinski definition) is 0. The quantitative estimate of drug-likeness (QED) is 0.620. The van der Waals surface area contributed by atoms with Gasteiger partial charge in [0.1, 0.15) is 5.82 Å². The molecule has 1 heteroatoms. The highest BCUT2D eigenvalue weighted by atomic mass is 19.1. The first kappa shape index (κ1) is 8.24. The standard InChI is InChI=1S/C12H11F/c1-2-10-11-6-4-3-5-9(11)7-8-12(10)13/h3-8H,2H2,1H3. The molecule has 0 bridgehead atoms. The van der Waals surface area contributed by atoms with Gasteiger partial charge in [-0.2, -0.15) is 0 Å². The van der Waals surface area contributed by atoms with E-state index in [1.54, 1.807) is 6.07 Å². The van der Waals surface area contributed by atoms with E-state index in [1.807, 2.05) is 37.3 Å². The van der Waals surface area contributed by atoms with Crippen molar-refractivity contribution in [2.45, 2.75) is 13.3 Å². The lowest BCUT2D eigenvalue weighted by atomic mass is 10.0. The van der Waals surface area contributed by atoms with Crippen LogP contribution in [0.3, 0.4) is 0 Å². The zero-order valence-corrected chi connectivity index (χ0v) is 7.55. The van der Waals surface area contributed by atoms with Gasteiger partial charge in [-0.1, -0.05) is 37.3 Å². The summed E-state index contributed by atoms with van der Waals surface area (Å²) in [5.74, 6) is -0.0961. The Hall–Kier alpha value is -1.37. The minimum atomic E-state index is -0.0961. The van der Waals surface area contributed by atoms with Crippen molar-refractivity contribution in [1.29, 1.82) is 0 Å². The van der Waals surface area contributed by atoms with Gasteiger partial charge in [0.2, 0.25) is 0 Å². The van der Waals surface area contributed by atoms with Crippen LogP contribution in [0.5, 0.6) is 0 Å². The Bertz CT molecular complexity index is 432. The summed E-state index contributed by atoms with van der Waals surface area (Å²) < 4.78 is 13.3. The minimum absolute atomic E-state index is 0.0961. The van der Waals surface area contributed by atoms with E-state index in [2.05, 4.69) is 0 Å². The van der Waals surface area contributed by atoms with Gasteiger partial charge in [0, 0.05) is 0 Å². The second-order valence-electron chi connectivity index (χ2n) is 3.10. The first-order chi connectivity index (χ1) is 6.33. The fourth-order valence-corrected chi connectivity index (χ4v) is 1.67. The Morgan fingerprint density at radius 3 is 2.62 bits per heavy atom. The molecule has 0 aliphatic rings. The zero-order chi connectivity index (χ0) is 9.26. The molecule has 2 aromatic rings. The number of hydrogen-bond acceptors (Lipinski definition) is 0. The summed E-state index contributed by atoms with van der Waals surface area (Å²) in [6, 6.07) is 11.3. The minimum Gasteiger partial charge on any atom is -0.207 e. The van der Waals surface area contributed by atoms with Crippen molar-refractivity contribution < 1.29 is 4.39 Å². The van der Waals surface area contributed by atoms with Crippen molar-refractivity contribution in [3.05, 3.63) is 47.8 Å². The topological polar surface area (TPSA) is 0 Å². The van der Waals surface area contributed by atoms with Crippen LogP contribution in [0.25, 0.3) is 10.8 Å². The van der Waals surface area contributed by atoms with Crippen molar-refractivity contribution >= 4 is 10.8 Å². The van der Waals surface area contributed by atoms with Crippen LogP contribution in [0, 0.1) is 5.82 Å². The van der Waals surface area contributed by atoms with E-state index in [1.165, 1.54) is 0 Å². The highest BCUT2D eigenvalue weighted by Gasteiger charge is 2.03. The van der Waals surface area contributed by atoms with Crippen LogP contribution in [0.1, 0.15) is 12.5 Å². The number of aryl methyl sites for hydroxylation is 1. The number of rotatable bonds is 1. The summed E-state index contributed by atoms with van der Waals surface area (Å²) in [5, 5.41) is 2.14. The Morgan fingerprint density at radius 1 is 1.08 bits per heavy atom. The van der Waals surface area contributed by atoms with Gasteiger partial charge in [-0.3, -0.25) is 0 Å². The smallest absolute Gasteiger partial charge is 0.127 e. The predicted octanol–water partition coefficient (Wildman–Crippen LogP) is 3.54. The van der Waals surface area contributed by atoms with Crippen LogP contribution < -0.4 is 0 Å². The molecule has 2 aromatic carbocycles. The maximum absolute atomic E-state index is 13.3. The fraction of sp³-hybridized carbons (Fsp3) is 0.167. The van der Waals surface area contributed by atoms with E-state index < -0.39 is 0 Å². The molecule has 0 nitrogen and oxygen atoms in total. The molecule has 0 aliphatic heterocycles. The molecule has 66 valence electrons. The van der Waals surface area contributed by atoms with Gasteiger partial charge in [-0.15, -0.1) is 0 Å². The van der Waals surface area contributed by atoms with Crippen LogP contribution in [-0.2, 0) is 6.42 Å². The second kappa shape index (κ2) is 3.17. The lowest BCUT2D eigenvalue weighted by Gasteiger charge is -2.04. The van der Waals surface area contributed by atoms with E-state index in [9.17, 15) is 4.39 Å². The third-order valence-electron chi connectivity index (χ3n) is 2.34. The van der Waals surface area contributed by atoms with E-state index >= 15 is 0 Å². The molecule has 13 heavy (non-hydrogen) atoms. The molecule has 0 spiro atoms. The maximum atomic E-state index is 13.3. The Kier molecular flexibility index (Phi) is 2.01. The monoisotopic (exact) mass is 174 g/mol. The fourth-order valence-electron chi connectivity index (χ4n) is 1.67. The number of halogens is 1. The molecule has 0 atom stereocenters. The van der Waals surface area contributed by atoms with Gasteiger partial charge in [-0.25, -0.2) is 4.39 Å². The lowest BCUT2D eigenvalue weighted by Crippen LogP contribution is -1.88. The third-order valence-corrected chi connectivity index (χ3v) is 2.34. The summed E-state index contributed by atoms with van der Waals surface area (Å²) in [5.41, 5.74) is 0.818. The SMILES string of the molecule is CCc1c(F)ccc2ccccc12. The molecule has 0 saturated heterocycles. The van der Waals surface area contributed by atoms with Crippen LogP contribution in [0.15, 0.2) is 36.4 Å². The maximum Gasteiger partial charge on any atom is 0.127 e. The molecule has 0 aromatic heterocycles. The largest absolute Gasteiger partial charge is 0.207 e. The summed E-state index contributed by atoms with van der Waals surface area (Å²) in [4.78, 5) is 0. The van der Waals surface area contributed by atoms with Gasteiger partial charge >= 0.3 is 0 Å². The first-order valence-corrected chi connectivity index (χ1v) is 4.49. The average Bonchev–Trinajstić information content (AvgIpc) is 2.18. The van der Waals surface area contributed by atoms with Crippen molar-refractivity contribution in [2.24, 2.45) is 0 Å².